The number of amides is 2. The van der Waals surface area contributed by atoms with Crippen LogP contribution in [0.2, 0.25) is 0 Å². The summed E-state index contributed by atoms with van der Waals surface area (Å²) in [6, 6.07) is -1.13. The molecule has 0 aromatic heterocycles. The summed E-state index contributed by atoms with van der Waals surface area (Å²) in [6.07, 6.45) is 1.43. The maximum atomic E-state index is 13.2. The minimum atomic E-state index is -2.27. The lowest BCUT2D eigenvalue weighted by atomic mass is 10.2. The lowest BCUT2D eigenvalue weighted by Gasteiger charge is -2.10. The number of hydrogen-bond donors (Lipinski definition) is 2. The van der Waals surface area contributed by atoms with Crippen LogP contribution in [-0.2, 0) is 0 Å². The molecule has 0 bridgehead atoms. The quantitative estimate of drug-likeness (QED) is 0.482. The molecule has 0 atom stereocenters. The van der Waals surface area contributed by atoms with Crippen LogP contribution >= 0.6 is 0 Å². The Morgan fingerprint density at radius 1 is 0.889 bits per heavy atom. The number of hydrogen-bond acceptors (Lipinski definition) is 1. The number of carbonyl (C=O) groups excluding carboxylic acids is 1. The molecule has 0 unspecified atom stereocenters. The summed E-state index contributed by atoms with van der Waals surface area (Å²) in [4.78, 5) is 11.2. The number of anilines is 1. The third-order valence-corrected chi connectivity index (χ3v) is 2.36. The Hall–Kier alpha value is -1.86. The van der Waals surface area contributed by atoms with E-state index in [1.54, 1.807) is 5.32 Å². The largest absolute Gasteiger partial charge is 0.335 e. The Morgan fingerprint density at radius 3 is 1.78 bits per heavy atom. The van der Waals surface area contributed by atoms with E-state index in [-0.39, 0.29) is 6.04 Å². The molecule has 2 N–H and O–H groups in total. The molecule has 3 nitrogen and oxygen atoms in total. The maximum Gasteiger partial charge on any atom is 0.319 e. The Kier molecular flexibility index (Phi) is 3.10. The first-order valence-electron chi connectivity index (χ1n) is 5.00. The summed E-state index contributed by atoms with van der Waals surface area (Å²) in [5, 5.41) is 3.90. The van der Waals surface area contributed by atoms with Crippen LogP contribution in [0.5, 0.6) is 0 Å². The van der Waals surface area contributed by atoms with Crippen molar-refractivity contribution >= 4 is 11.7 Å². The van der Waals surface area contributed by atoms with Crippen LogP contribution in [0.4, 0.5) is 32.4 Å². The first kappa shape index (κ1) is 12.6. The van der Waals surface area contributed by atoms with Crippen LogP contribution in [-0.4, -0.2) is 12.1 Å². The average molecular weight is 266 g/mol. The second-order valence-corrected chi connectivity index (χ2v) is 3.82. The lowest BCUT2D eigenvalue weighted by molar-refractivity contribution is 0.251. The molecule has 0 radical (unpaired) electrons. The highest BCUT2D eigenvalue weighted by atomic mass is 19.2. The van der Waals surface area contributed by atoms with E-state index >= 15 is 0 Å². The summed E-state index contributed by atoms with van der Waals surface area (Å²) in [5.74, 6) is -10.6. The molecule has 1 aromatic carbocycles. The Bertz CT molecular complexity index is 486. The summed E-state index contributed by atoms with van der Waals surface area (Å²) in [6.45, 7) is 0. The van der Waals surface area contributed by atoms with Gasteiger partial charge in [-0.3, -0.25) is 0 Å². The van der Waals surface area contributed by atoms with E-state index in [1.807, 2.05) is 0 Å². The standard InChI is InChI=1S/C10H7F5N2O/c11-4-5(12)7(14)9(8(15)6(4)13)17-10(18)16-3-1-2-3/h3H,1-2H2,(H2,16,17,18). The van der Waals surface area contributed by atoms with Crippen molar-refractivity contribution in [2.45, 2.75) is 18.9 Å². The van der Waals surface area contributed by atoms with E-state index in [0.29, 0.717) is 12.8 Å². The molecule has 1 aliphatic rings. The van der Waals surface area contributed by atoms with Gasteiger partial charge in [0.1, 0.15) is 5.69 Å². The summed E-state index contributed by atoms with van der Waals surface area (Å²) in [5.41, 5.74) is -1.36. The molecule has 2 rings (SSSR count). The monoisotopic (exact) mass is 266 g/mol. The van der Waals surface area contributed by atoms with Crippen molar-refractivity contribution in [3.8, 4) is 0 Å². The van der Waals surface area contributed by atoms with Gasteiger partial charge < -0.3 is 10.6 Å². The number of halogens is 5. The van der Waals surface area contributed by atoms with Gasteiger partial charge in [0.15, 0.2) is 23.3 Å². The molecule has 0 spiro atoms. The zero-order valence-corrected chi connectivity index (χ0v) is 8.79. The highest BCUT2D eigenvalue weighted by Gasteiger charge is 2.28. The number of urea groups is 1. The molecule has 0 heterocycles. The smallest absolute Gasteiger partial charge is 0.319 e. The number of carbonyl (C=O) groups is 1. The van der Waals surface area contributed by atoms with Gasteiger partial charge in [0.2, 0.25) is 5.82 Å². The van der Waals surface area contributed by atoms with E-state index in [0.717, 1.165) is 0 Å². The molecule has 18 heavy (non-hydrogen) atoms. The van der Waals surface area contributed by atoms with E-state index in [9.17, 15) is 26.7 Å². The van der Waals surface area contributed by atoms with Crippen molar-refractivity contribution in [3.63, 3.8) is 0 Å². The van der Waals surface area contributed by atoms with Crippen LogP contribution in [0.3, 0.4) is 0 Å². The minimum absolute atomic E-state index is 0.119. The zero-order valence-electron chi connectivity index (χ0n) is 8.79. The van der Waals surface area contributed by atoms with Gasteiger partial charge in [-0.1, -0.05) is 0 Å². The topological polar surface area (TPSA) is 41.1 Å². The lowest BCUT2D eigenvalue weighted by Crippen LogP contribution is -2.31. The minimum Gasteiger partial charge on any atom is -0.335 e. The fraction of sp³-hybridized carbons (Fsp3) is 0.300. The number of benzene rings is 1. The molecule has 1 aromatic rings. The van der Waals surface area contributed by atoms with E-state index in [2.05, 4.69) is 5.32 Å². The third kappa shape index (κ3) is 2.22. The third-order valence-electron chi connectivity index (χ3n) is 2.36. The zero-order chi connectivity index (χ0) is 13.4. The number of nitrogens with one attached hydrogen (secondary N) is 2. The predicted octanol–water partition coefficient (Wildman–Crippen LogP) is 2.67. The van der Waals surface area contributed by atoms with Crippen molar-refractivity contribution in [2.24, 2.45) is 0 Å². The first-order chi connectivity index (χ1) is 8.41. The normalized spacial score (nSPS) is 14.5. The van der Waals surface area contributed by atoms with Crippen molar-refractivity contribution in [1.29, 1.82) is 0 Å². The van der Waals surface area contributed by atoms with E-state index in [1.165, 1.54) is 0 Å². The van der Waals surface area contributed by atoms with Gasteiger partial charge in [0.25, 0.3) is 0 Å². The Morgan fingerprint density at radius 2 is 1.33 bits per heavy atom. The second kappa shape index (κ2) is 4.43. The molecule has 1 fully saturated rings. The van der Waals surface area contributed by atoms with Crippen LogP contribution in [0, 0.1) is 29.1 Å². The van der Waals surface area contributed by atoms with Gasteiger partial charge in [0, 0.05) is 6.04 Å². The molecule has 0 saturated heterocycles. The van der Waals surface area contributed by atoms with Crippen LogP contribution in [0.15, 0.2) is 0 Å². The molecule has 1 aliphatic carbocycles. The molecule has 0 aliphatic heterocycles. The van der Waals surface area contributed by atoms with Crippen LogP contribution < -0.4 is 10.6 Å². The average Bonchev–Trinajstić information content (AvgIpc) is 3.13. The molecule has 2 amide bonds. The van der Waals surface area contributed by atoms with Gasteiger partial charge in [-0.15, -0.1) is 0 Å². The highest BCUT2D eigenvalue weighted by molar-refractivity contribution is 5.90. The van der Waals surface area contributed by atoms with Crippen molar-refractivity contribution < 1.29 is 26.7 Å². The van der Waals surface area contributed by atoms with Crippen LogP contribution in [0.25, 0.3) is 0 Å². The van der Waals surface area contributed by atoms with E-state index < -0.39 is 40.8 Å². The SMILES string of the molecule is O=C(Nc1c(F)c(F)c(F)c(F)c1F)NC1CC1. The molecule has 98 valence electrons. The molecular weight excluding hydrogens is 259 g/mol. The Balaban J connectivity index is 2.28. The van der Waals surface area contributed by atoms with Crippen molar-refractivity contribution in [3.05, 3.63) is 29.1 Å². The fourth-order valence-electron chi connectivity index (χ4n) is 1.28. The Labute approximate surface area is 98.0 Å². The first-order valence-corrected chi connectivity index (χ1v) is 5.00. The van der Waals surface area contributed by atoms with Crippen molar-refractivity contribution in [2.75, 3.05) is 5.32 Å². The summed E-state index contributed by atoms with van der Waals surface area (Å²) in [7, 11) is 0. The summed E-state index contributed by atoms with van der Waals surface area (Å²) < 4.78 is 64.6. The van der Waals surface area contributed by atoms with Gasteiger partial charge >= 0.3 is 6.03 Å². The summed E-state index contributed by atoms with van der Waals surface area (Å²) >= 11 is 0. The fourth-order valence-corrected chi connectivity index (χ4v) is 1.28. The van der Waals surface area contributed by atoms with Crippen LogP contribution in [0.1, 0.15) is 12.8 Å². The van der Waals surface area contributed by atoms with Gasteiger partial charge in [-0.2, -0.15) is 0 Å². The van der Waals surface area contributed by atoms with Gasteiger partial charge in [-0.05, 0) is 12.8 Å². The maximum absolute atomic E-state index is 13.2. The highest BCUT2D eigenvalue weighted by Crippen LogP contribution is 2.27. The van der Waals surface area contributed by atoms with Crippen molar-refractivity contribution in [1.82, 2.24) is 5.32 Å². The predicted molar refractivity (Wildman–Crippen MR) is 51.4 cm³/mol. The van der Waals surface area contributed by atoms with Gasteiger partial charge in [0.05, 0.1) is 0 Å². The second-order valence-electron chi connectivity index (χ2n) is 3.82. The molecule has 8 heteroatoms. The van der Waals surface area contributed by atoms with Gasteiger partial charge in [-0.25, -0.2) is 26.7 Å². The number of rotatable bonds is 2. The molecule has 1 saturated carbocycles. The van der Waals surface area contributed by atoms with E-state index in [4.69, 9.17) is 0 Å². The molecular formula is C10H7F5N2O.